The zero-order valence-electron chi connectivity index (χ0n) is 17.1. The third-order valence-corrected chi connectivity index (χ3v) is 6.88. The molecule has 0 unspecified atom stereocenters. The number of hydrogen-bond donors (Lipinski definition) is 1. The molecule has 0 fully saturated rings. The summed E-state index contributed by atoms with van der Waals surface area (Å²) in [5.41, 5.74) is 3.13. The van der Waals surface area contributed by atoms with Crippen molar-refractivity contribution in [2.45, 2.75) is 44.5 Å². The van der Waals surface area contributed by atoms with Gasteiger partial charge in [0.15, 0.2) is 5.16 Å². The van der Waals surface area contributed by atoms with E-state index in [0.717, 1.165) is 31.8 Å². The van der Waals surface area contributed by atoms with Crippen LogP contribution in [-0.4, -0.2) is 24.7 Å². The van der Waals surface area contributed by atoms with Crippen LogP contribution in [0, 0.1) is 13.8 Å². The maximum atomic E-state index is 12.9. The normalized spacial score (nSPS) is 11.7. The zero-order chi connectivity index (χ0) is 20.7. The number of thioether (sulfide) groups is 1. The van der Waals surface area contributed by atoms with Crippen molar-refractivity contribution in [3.63, 3.8) is 0 Å². The summed E-state index contributed by atoms with van der Waals surface area (Å²) in [6.45, 7) is 8.29. The molecule has 0 aliphatic carbocycles. The third-order valence-electron chi connectivity index (χ3n) is 4.85. The lowest BCUT2D eigenvalue weighted by atomic mass is 10.0. The molecule has 0 saturated carbocycles. The Morgan fingerprint density at radius 1 is 1.17 bits per heavy atom. The summed E-state index contributed by atoms with van der Waals surface area (Å²) < 4.78 is 2.00. The standard InChI is InChI=1S/C21H23N5OS2/c1-11(2)18-24-25-21(26(18)5)28-10-15-22-19(27)17-16(13(4)29-20(17)23-15)14-8-6-12(3)7-9-14/h6-9,11H,10H2,1-5H3,(H,22,23,27). The van der Waals surface area contributed by atoms with Gasteiger partial charge in [0.05, 0.1) is 11.1 Å². The van der Waals surface area contributed by atoms with E-state index in [1.807, 2.05) is 18.5 Å². The van der Waals surface area contributed by atoms with Crippen molar-refractivity contribution in [3.8, 4) is 11.1 Å². The van der Waals surface area contributed by atoms with Gasteiger partial charge in [-0.2, -0.15) is 0 Å². The van der Waals surface area contributed by atoms with Crippen molar-refractivity contribution in [2.24, 2.45) is 7.05 Å². The van der Waals surface area contributed by atoms with E-state index in [-0.39, 0.29) is 5.56 Å². The van der Waals surface area contributed by atoms with Crippen LogP contribution in [0.15, 0.2) is 34.2 Å². The van der Waals surface area contributed by atoms with E-state index in [2.05, 4.69) is 60.2 Å². The summed E-state index contributed by atoms with van der Waals surface area (Å²) in [5, 5.41) is 10.0. The van der Waals surface area contributed by atoms with Crippen molar-refractivity contribution >= 4 is 33.3 Å². The second kappa shape index (κ2) is 7.76. The Hall–Kier alpha value is -2.45. The molecule has 6 nitrogen and oxygen atoms in total. The number of aryl methyl sites for hydroxylation is 2. The van der Waals surface area contributed by atoms with Crippen LogP contribution in [0.5, 0.6) is 0 Å². The molecule has 0 atom stereocenters. The van der Waals surface area contributed by atoms with E-state index >= 15 is 0 Å². The summed E-state index contributed by atoms with van der Waals surface area (Å²) in [6, 6.07) is 8.26. The number of benzene rings is 1. The highest BCUT2D eigenvalue weighted by Crippen LogP contribution is 2.35. The first-order valence-electron chi connectivity index (χ1n) is 9.46. The molecule has 4 rings (SSSR count). The monoisotopic (exact) mass is 425 g/mol. The maximum Gasteiger partial charge on any atom is 0.260 e. The number of hydrogen-bond acceptors (Lipinski definition) is 6. The topological polar surface area (TPSA) is 76.5 Å². The van der Waals surface area contributed by atoms with Crippen LogP contribution in [-0.2, 0) is 12.8 Å². The van der Waals surface area contributed by atoms with Crippen LogP contribution < -0.4 is 5.56 Å². The second-order valence-corrected chi connectivity index (χ2v) is 9.58. The number of rotatable bonds is 5. The third kappa shape index (κ3) is 3.74. The van der Waals surface area contributed by atoms with Crippen molar-refractivity contribution in [1.29, 1.82) is 0 Å². The number of thiophene rings is 1. The van der Waals surface area contributed by atoms with Gasteiger partial charge < -0.3 is 9.55 Å². The molecule has 0 amide bonds. The second-order valence-electron chi connectivity index (χ2n) is 7.44. The molecule has 0 saturated heterocycles. The first-order chi connectivity index (χ1) is 13.8. The number of fused-ring (bicyclic) bond motifs is 1. The molecule has 0 aliphatic rings. The van der Waals surface area contributed by atoms with Gasteiger partial charge in [0, 0.05) is 23.4 Å². The van der Waals surface area contributed by atoms with Gasteiger partial charge in [-0.05, 0) is 19.4 Å². The minimum absolute atomic E-state index is 0.0913. The highest BCUT2D eigenvalue weighted by Gasteiger charge is 2.17. The van der Waals surface area contributed by atoms with E-state index in [0.29, 0.717) is 22.9 Å². The van der Waals surface area contributed by atoms with Crippen LogP contribution in [0.4, 0.5) is 0 Å². The molecule has 0 aliphatic heterocycles. The number of nitrogens with one attached hydrogen (secondary N) is 1. The molecule has 0 radical (unpaired) electrons. The van der Waals surface area contributed by atoms with E-state index in [1.54, 1.807) is 11.3 Å². The number of nitrogens with zero attached hydrogens (tertiary/aromatic N) is 4. The highest BCUT2D eigenvalue weighted by molar-refractivity contribution is 7.98. The maximum absolute atomic E-state index is 12.9. The number of H-pyrrole nitrogens is 1. The van der Waals surface area contributed by atoms with Crippen LogP contribution in [0.1, 0.15) is 41.9 Å². The van der Waals surface area contributed by atoms with Gasteiger partial charge in [0.2, 0.25) is 0 Å². The van der Waals surface area contributed by atoms with Gasteiger partial charge in [0.1, 0.15) is 16.5 Å². The molecule has 1 aromatic carbocycles. The lowest BCUT2D eigenvalue weighted by Gasteiger charge is -2.06. The van der Waals surface area contributed by atoms with E-state index < -0.39 is 0 Å². The molecule has 8 heteroatoms. The predicted molar refractivity (Wildman–Crippen MR) is 120 cm³/mol. The average molecular weight is 426 g/mol. The van der Waals surface area contributed by atoms with Crippen molar-refractivity contribution in [3.05, 3.63) is 56.7 Å². The molecule has 4 aromatic rings. The minimum atomic E-state index is -0.0913. The summed E-state index contributed by atoms with van der Waals surface area (Å²) in [4.78, 5) is 22.5. The summed E-state index contributed by atoms with van der Waals surface area (Å²) >= 11 is 3.09. The summed E-state index contributed by atoms with van der Waals surface area (Å²) in [6.07, 6.45) is 0. The van der Waals surface area contributed by atoms with Gasteiger partial charge in [-0.15, -0.1) is 21.5 Å². The van der Waals surface area contributed by atoms with Gasteiger partial charge in [-0.1, -0.05) is 55.4 Å². The highest BCUT2D eigenvalue weighted by atomic mass is 32.2. The number of aromatic amines is 1. The van der Waals surface area contributed by atoms with Gasteiger partial charge >= 0.3 is 0 Å². The Balaban J connectivity index is 1.67. The van der Waals surface area contributed by atoms with Crippen LogP contribution in [0.25, 0.3) is 21.3 Å². The van der Waals surface area contributed by atoms with E-state index in [1.165, 1.54) is 17.3 Å². The molecule has 0 spiro atoms. The Morgan fingerprint density at radius 3 is 2.55 bits per heavy atom. The van der Waals surface area contributed by atoms with Gasteiger partial charge in [-0.25, -0.2) is 4.98 Å². The molecule has 0 bridgehead atoms. The fraction of sp³-hybridized carbons (Fsp3) is 0.333. The molecule has 1 N–H and O–H groups in total. The zero-order valence-corrected chi connectivity index (χ0v) is 18.7. The Labute approximate surface area is 177 Å². The van der Waals surface area contributed by atoms with Gasteiger partial charge in [-0.3, -0.25) is 4.79 Å². The first kappa shape index (κ1) is 19.8. The molecule has 3 heterocycles. The fourth-order valence-electron chi connectivity index (χ4n) is 3.39. The molecule has 3 aromatic heterocycles. The summed E-state index contributed by atoms with van der Waals surface area (Å²) in [7, 11) is 1.97. The van der Waals surface area contributed by atoms with Crippen LogP contribution in [0.2, 0.25) is 0 Å². The van der Waals surface area contributed by atoms with Crippen LogP contribution in [0.3, 0.4) is 0 Å². The van der Waals surface area contributed by atoms with E-state index in [4.69, 9.17) is 4.98 Å². The molecular weight excluding hydrogens is 402 g/mol. The quantitative estimate of drug-likeness (QED) is 0.464. The van der Waals surface area contributed by atoms with Gasteiger partial charge in [0.25, 0.3) is 5.56 Å². The lowest BCUT2D eigenvalue weighted by molar-refractivity contribution is 0.679. The predicted octanol–water partition coefficient (Wildman–Crippen LogP) is 4.81. The first-order valence-corrected chi connectivity index (χ1v) is 11.3. The lowest BCUT2D eigenvalue weighted by Crippen LogP contribution is -2.11. The molecular formula is C21H23N5OS2. The fourth-order valence-corrected chi connectivity index (χ4v) is 5.24. The minimum Gasteiger partial charge on any atom is -0.309 e. The Bertz CT molecular complexity index is 1230. The average Bonchev–Trinajstić information content (AvgIpc) is 3.20. The Kier molecular flexibility index (Phi) is 5.31. The van der Waals surface area contributed by atoms with E-state index in [9.17, 15) is 4.79 Å². The SMILES string of the molecule is Cc1ccc(-c2c(C)sc3nc(CSc4nnc(C(C)C)n4C)[nH]c(=O)c23)cc1. The number of aromatic nitrogens is 5. The smallest absolute Gasteiger partial charge is 0.260 e. The van der Waals surface area contributed by atoms with Crippen molar-refractivity contribution in [2.75, 3.05) is 0 Å². The largest absolute Gasteiger partial charge is 0.309 e. The van der Waals surface area contributed by atoms with Crippen molar-refractivity contribution in [1.82, 2.24) is 24.7 Å². The summed E-state index contributed by atoms with van der Waals surface area (Å²) in [5.74, 6) is 2.44. The van der Waals surface area contributed by atoms with Crippen molar-refractivity contribution < 1.29 is 0 Å². The molecule has 29 heavy (non-hydrogen) atoms. The Morgan fingerprint density at radius 2 is 1.90 bits per heavy atom. The molecule has 150 valence electrons. The van der Waals surface area contributed by atoms with Crippen LogP contribution >= 0.6 is 23.1 Å².